The Morgan fingerprint density at radius 2 is 1.85 bits per heavy atom. The molecule has 0 radical (unpaired) electrons. The van der Waals surface area contributed by atoms with Crippen molar-refractivity contribution in [2.24, 2.45) is 0 Å². The molecule has 1 unspecified atom stereocenters. The van der Waals surface area contributed by atoms with Crippen molar-refractivity contribution in [2.45, 2.75) is 32.9 Å². The summed E-state index contributed by atoms with van der Waals surface area (Å²) in [5.74, 6) is -0.418. The Morgan fingerprint density at radius 1 is 1.12 bits per heavy atom. The number of imide groups is 1. The van der Waals surface area contributed by atoms with Crippen LogP contribution in [0.2, 0.25) is 0 Å². The molecule has 2 aromatic carbocycles. The Bertz CT molecular complexity index is 1310. The predicted molar refractivity (Wildman–Crippen MR) is 121 cm³/mol. The molecule has 4 rings (SSSR count). The normalized spacial score (nSPS) is 17.8. The van der Waals surface area contributed by atoms with Crippen molar-refractivity contribution in [3.8, 4) is 0 Å². The second-order valence-corrected chi connectivity index (χ2v) is 7.96. The van der Waals surface area contributed by atoms with Gasteiger partial charge < -0.3 is 14.5 Å². The number of rotatable bonds is 5. The van der Waals surface area contributed by atoms with Crippen LogP contribution in [0.5, 0.6) is 0 Å². The number of carbonyl (C=O) groups excluding carboxylic acids is 3. The third-order valence-electron chi connectivity index (χ3n) is 5.58. The molecule has 33 heavy (non-hydrogen) atoms. The smallest absolute Gasteiger partial charge is 0.411 e. The summed E-state index contributed by atoms with van der Waals surface area (Å²) in [6.45, 7) is 5.38. The summed E-state index contributed by atoms with van der Waals surface area (Å²) in [5, 5.41) is 5.84. The van der Waals surface area contributed by atoms with E-state index in [-0.39, 0.29) is 18.7 Å². The van der Waals surface area contributed by atoms with Gasteiger partial charge in [0.15, 0.2) is 0 Å². The van der Waals surface area contributed by atoms with E-state index in [0.29, 0.717) is 22.2 Å². The number of benzene rings is 2. The highest BCUT2D eigenvalue weighted by atomic mass is 16.5. The molecule has 1 fully saturated rings. The van der Waals surface area contributed by atoms with Crippen LogP contribution in [0, 0.1) is 6.92 Å². The Hall–Kier alpha value is -4.14. The Balaban J connectivity index is 1.65. The summed E-state index contributed by atoms with van der Waals surface area (Å²) < 4.78 is 10.1. The van der Waals surface area contributed by atoms with Crippen molar-refractivity contribution in [3.63, 3.8) is 0 Å². The van der Waals surface area contributed by atoms with Gasteiger partial charge in [0.25, 0.3) is 5.91 Å². The Morgan fingerprint density at radius 3 is 2.55 bits per heavy atom. The molecule has 1 saturated heterocycles. The Labute approximate surface area is 189 Å². The summed E-state index contributed by atoms with van der Waals surface area (Å²) in [7, 11) is 0. The van der Waals surface area contributed by atoms with Crippen LogP contribution in [0.4, 0.5) is 15.3 Å². The van der Waals surface area contributed by atoms with E-state index in [9.17, 15) is 19.2 Å². The monoisotopic (exact) mass is 449 g/mol. The van der Waals surface area contributed by atoms with Crippen molar-refractivity contribution >= 4 is 34.7 Å². The van der Waals surface area contributed by atoms with Crippen LogP contribution >= 0.6 is 0 Å². The Kier molecular flexibility index (Phi) is 5.63. The highest BCUT2D eigenvalue weighted by Gasteiger charge is 2.49. The lowest BCUT2D eigenvalue weighted by molar-refractivity contribution is -0.131. The topological polar surface area (TPSA) is 118 Å². The van der Waals surface area contributed by atoms with Gasteiger partial charge in [0.05, 0.1) is 13.2 Å². The number of urea groups is 1. The number of nitrogens with one attached hydrogen (secondary N) is 2. The van der Waals surface area contributed by atoms with Crippen molar-refractivity contribution in [3.05, 3.63) is 75.6 Å². The molecular formula is C24H23N3O6. The number of hydrogen-bond donors (Lipinski definition) is 2. The molecule has 2 heterocycles. The van der Waals surface area contributed by atoms with Crippen molar-refractivity contribution < 1.29 is 23.5 Å². The molecule has 9 nitrogen and oxygen atoms in total. The van der Waals surface area contributed by atoms with Crippen LogP contribution in [0.25, 0.3) is 11.0 Å². The van der Waals surface area contributed by atoms with Crippen LogP contribution in [-0.2, 0) is 21.6 Å². The summed E-state index contributed by atoms with van der Waals surface area (Å²) in [6.07, 6.45) is -0.634. The molecule has 0 bridgehead atoms. The summed E-state index contributed by atoms with van der Waals surface area (Å²) in [6, 6.07) is 12.8. The average Bonchev–Trinajstić information content (AvgIpc) is 2.97. The molecule has 2 N–H and O–H groups in total. The minimum absolute atomic E-state index is 0.112. The maximum absolute atomic E-state index is 13.3. The van der Waals surface area contributed by atoms with Gasteiger partial charge in [-0.25, -0.2) is 14.4 Å². The van der Waals surface area contributed by atoms with E-state index in [2.05, 4.69) is 10.6 Å². The number of ether oxygens (including phenoxy) is 1. The van der Waals surface area contributed by atoms with E-state index in [4.69, 9.17) is 9.15 Å². The molecule has 9 heteroatoms. The zero-order chi connectivity index (χ0) is 23.8. The third-order valence-corrected chi connectivity index (χ3v) is 5.58. The van der Waals surface area contributed by atoms with Gasteiger partial charge in [-0.1, -0.05) is 29.8 Å². The summed E-state index contributed by atoms with van der Waals surface area (Å²) >= 11 is 0. The fourth-order valence-corrected chi connectivity index (χ4v) is 3.82. The maximum atomic E-state index is 13.3. The second kappa shape index (κ2) is 8.42. The lowest BCUT2D eigenvalue weighted by Crippen LogP contribution is -2.40. The zero-order valence-corrected chi connectivity index (χ0v) is 18.4. The van der Waals surface area contributed by atoms with Gasteiger partial charge in [-0.15, -0.1) is 0 Å². The average molecular weight is 449 g/mol. The largest absolute Gasteiger partial charge is 0.450 e. The number of amides is 4. The molecule has 1 aliphatic heterocycles. The first-order valence-electron chi connectivity index (χ1n) is 10.4. The fourth-order valence-electron chi connectivity index (χ4n) is 3.82. The lowest BCUT2D eigenvalue weighted by Gasteiger charge is -2.22. The van der Waals surface area contributed by atoms with Gasteiger partial charge >= 0.3 is 17.7 Å². The van der Waals surface area contributed by atoms with Gasteiger partial charge in [0, 0.05) is 23.2 Å². The van der Waals surface area contributed by atoms with Crippen LogP contribution in [0.1, 0.15) is 30.5 Å². The zero-order valence-electron chi connectivity index (χ0n) is 18.4. The number of fused-ring (bicyclic) bond motifs is 1. The lowest BCUT2D eigenvalue weighted by atomic mass is 9.91. The minimum Gasteiger partial charge on any atom is -0.450 e. The van der Waals surface area contributed by atoms with Gasteiger partial charge in [-0.3, -0.25) is 15.0 Å². The standard InChI is InChI=1S/C24H23N3O6/c1-4-32-23(31)25-17-9-10-18-15(11-20(28)33-19(18)12-17)13-27-21(29)24(3,26-22(27)30)16-7-5-14(2)6-8-16/h5-12H,4,13H2,1-3H3,(H,25,31)(H,26,30). The molecule has 0 saturated carbocycles. The molecular weight excluding hydrogens is 426 g/mol. The number of anilines is 1. The van der Waals surface area contributed by atoms with Gasteiger partial charge in [0.1, 0.15) is 11.1 Å². The fraction of sp³-hybridized carbons (Fsp3) is 0.250. The van der Waals surface area contributed by atoms with Gasteiger partial charge in [-0.05, 0) is 44.0 Å². The highest BCUT2D eigenvalue weighted by molar-refractivity contribution is 6.07. The molecule has 0 spiro atoms. The maximum Gasteiger partial charge on any atom is 0.411 e. The van der Waals surface area contributed by atoms with Crippen molar-refractivity contribution in [2.75, 3.05) is 11.9 Å². The number of carbonyl (C=O) groups is 3. The van der Waals surface area contributed by atoms with E-state index >= 15 is 0 Å². The molecule has 3 aromatic rings. The van der Waals surface area contributed by atoms with E-state index in [0.717, 1.165) is 10.5 Å². The third kappa shape index (κ3) is 4.17. The van der Waals surface area contributed by atoms with E-state index in [1.807, 2.05) is 31.2 Å². The van der Waals surface area contributed by atoms with E-state index in [1.165, 1.54) is 12.1 Å². The number of aryl methyl sites for hydroxylation is 1. The number of nitrogens with zero attached hydrogens (tertiary/aromatic N) is 1. The molecule has 1 aromatic heterocycles. The molecule has 1 aliphatic rings. The first-order valence-corrected chi connectivity index (χ1v) is 10.4. The SMILES string of the molecule is CCOC(=O)Nc1ccc2c(CN3C(=O)NC(C)(c4ccc(C)cc4)C3=O)cc(=O)oc2c1. The first-order chi connectivity index (χ1) is 15.7. The van der Waals surface area contributed by atoms with E-state index in [1.54, 1.807) is 26.0 Å². The predicted octanol–water partition coefficient (Wildman–Crippen LogP) is 3.64. The molecule has 0 aliphatic carbocycles. The second-order valence-electron chi connectivity index (χ2n) is 7.96. The van der Waals surface area contributed by atoms with Crippen LogP contribution in [0.3, 0.4) is 0 Å². The molecule has 170 valence electrons. The highest BCUT2D eigenvalue weighted by Crippen LogP contribution is 2.31. The summed E-state index contributed by atoms with van der Waals surface area (Å²) in [4.78, 5) is 50.9. The van der Waals surface area contributed by atoms with Gasteiger partial charge in [-0.2, -0.15) is 0 Å². The van der Waals surface area contributed by atoms with Crippen molar-refractivity contribution in [1.82, 2.24) is 10.2 Å². The minimum atomic E-state index is -1.21. The molecule has 4 amide bonds. The molecule has 1 atom stereocenters. The van der Waals surface area contributed by atoms with Crippen LogP contribution in [0.15, 0.2) is 57.7 Å². The van der Waals surface area contributed by atoms with Crippen LogP contribution in [-0.4, -0.2) is 29.5 Å². The van der Waals surface area contributed by atoms with E-state index < -0.39 is 29.2 Å². The van der Waals surface area contributed by atoms with Crippen LogP contribution < -0.4 is 16.3 Å². The quantitative estimate of drug-likeness (QED) is 0.454. The first kappa shape index (κ1) is 22.1. The van der Waals surface area contributed by atoms with Gasteiger partial charge in [0.2, 0.25) is 0 Å². The van der Waals surface area contributed by atoms with Crippen molar-refractivity contribution in [1.29, 1.82) is 0 Å². The number of hydrogen-bond acceptors (Lipinski definition) is 6. The summed E-state index contributed by atoms with van der Waals surface area (Å²) in [5.41, 5.74) is 0.885.